The summed E-state index contributed by atoms with van der Waals surface area (Å²) in [5.41, 5.74) is 5.30. The molecule has 27 heavy (non-hydrogen) atoms. The van der Waals surface area contributed by atoms with Gasteiger partial charge in [-0.25, -0.2) is 4.79 Å². The lowest BCUT2D eigenvalue weighted by Crippen LogP contribution is -2.57. The van der Waals surface area contributed by atoms with Crippen molar-refractivity contribution in [1.29, 1.82) is 0 Å². The van der Waals surface area contributed by atoms with Crippen LogP contribution >= 0.6 is 11.8 Å². The molecule has 6 N–H and O–H groups in total. The number of hydrogen-bond acceptors (Lipinski definition) is 7. The molecule has 1 heterocycles. The van der Waals surface area contributed by atoms with Gasteiger partial charge in [-0.15, -0.1) is 0 Å². The molecular weight excluding hydrogens is 376 g/mol. The molecule has 0 aromatic heterocycles. The minimum Gasteiger partial charge on any atom is -0.480 e. The van der Waals surface area contributed by atoms with Crippen LogP contribution in [0, 0.1) is 0 Å². The Morgan fingerprint density at radius 2 is 1.96 bits per heavy atom. The van der Waals surface area contributed by atoms with Gasteiger partial charge in [0.05, 0.1) is 12.6 Å². The normalized spacial score (nSPS) is 19.9. The summed E-state index contributed by atoms with van der Waals surface area (Å²) in [7, 11) is 0. The third-order valence-corrected chi connectivity index (χ3v) is 4.96. The molecule has 0 aromatic rings. The number of rotatable bonds is 10. The van der Waals surface area contributed by atoms with Crippen molar-refractivity contribution in [2.45, 2.75) is 50.4 Å². The minimum atomic E-state index is -1.46. The summed E-state index contributed by atoms with van der Waals surface area (Å²) in [4.78, 5) is 49.5. The Bertz CT molecular complexity index is 559. The highest BCUT2D eigenvalue weighted by Gasteiger charge is 2.39. The van der Waals surface area contributed by atoms with Gasteiger partial charge < -0.3 is 31.5 Å². The van der Waals surface area contributed by atoms with Crippen LogP contribution in [0.15, 0.2) is 0 Å². The number of amides is 3. The Hall–Kier alpha value is -1.85. The molecular formula is C16H28N4O6S. The maximum atomic E-state index is 12.9. The first kappa shape index (κ1) is 23.2. The second-order valence-electron chi connectivity index (χ2n) is 6.36. The zero-order chi connectivity index (χ0) is 20.6. The molecule has 1 fully saturated rings. The molecule has 4 unspecified atom stereocenters. The number of nitrogens with two attached hydrogens (primary N) is 1. The number of carbonyl (C=O) groups excluding carboxylic acids is 3. The van der Waals surface area contributed by atoms with Gasteiger partial charge in [0.15, 0.2) is 6.04 Å². The van der Waals surface area contributed by atoms with Gasteiger partial charge in [0.1, 0.15) is 12.1 Å². The Labute approximate surface area is 162 Å². The average Bonchev–Trinajstić information content (AvgIpc) is 3.11. The summed E-state index contributed by atoms with van der Waals surface area (Å²) in [6, 6.07) is -3.10. The first-order valence-corrected chi connectivity index (χ1v) is 10.1. The fourth-order valence-corrected chi connectivity index (χ4v) is 3.36. The second kappa shape index (κ2) is 11.1. The van der Waals surface area contributed by atoms with Crippen molar-refractivity contribution in [3.8, 4) is 0 Å². The van der Waals surface area contributed by atoms with Gasteiger partial charge in [-0.3, -0.25) is 14.4 Å². The van der Waals surface area contributed by atoms with Crippen molar-refractivity contribution in [3.05, 3.63) is 0 Å². The van der Waals surface area contributed by atoms with Gasteiger partial charge in [-0.1, -0.05) is 0 Å². The number of carbonyl (C=O) groups is 4. The van der Waals surface area contributed by atoms with Crippen molar-refractivity contribution in [1.82, 2.24) is 15.5 Å². The molecule has 1 saturated heterocycles. The zero-order valence-corrected chi connectivity index (χ0v) is 16.3. The Kier molecular flexibility index (Phi) is 9.53. The summed E-state index contributed by atoms with van der Waals surface area (Å²) >= 11 is 1.52. The van der Waals surface area contributed by atoms with Crippen molar-refractivity contribution < 1.29 is 29.4 Å². The number of aliphatic hydroxyl groups is 1. The molecule has 4 atom stereocenters. The smallest absolute Gasteiger partial charge is 0.328 e. The highest BCUT2D eigenvalue weighted by molar-refractivity contribution is 7.98. The van der Waals surface area contributed by atoms with Crippen LogP contribution in [-0.4, -0.2) is 88.1 Å². The first-order chi connectivity index (χ1) is 12.7. The van der Waals surface area contributed by atoms with Gasteiger partial charge >= 0.3 is 5.97 Å². The third kappa shape index (κ3) is 6.67. The van der Waals surface area contributed by atoms with Crippen LogP contribution in [0.25, 0.3) is 0 Å². The molecule has 0 bridgehead atoms. The maximum Gasteiger partial charge on any atom is 0.328 e. The highest BCUT2D eigenvalue weighted by Crippen LogP contribution is 2.20. The van der Waals surface area contributed by atoms with Crippen LogP contribution in [0.1, 0.15) is 26.2 Å². The van der Waals surface area contributed by atoms with Gasteiger partial charge in [0, 0.05) is 6.54 Å². The standard InChI is InChI=1S/C16H28N4O6S/c1-9(21)13(16(25)26)19-14(23)11-4-3-6-20(11)15(24)10(5-7-27-2)18-12(22)8-17/h9-11,13,21H,3-8,17H2,1-2H3,(H,18,22)(H,19,23)(H,25,26). The van der Waals surface area contributed by atoms with E-state index in [0.717, 1.165) is 0 Å². The Morgan fingerprint density at radius 3 is 2.48 bits per heavy atom. The van der Waals surface area contributed by atoms with Crippen LogP contribution in [0.5, 0.6) is 0 Å². The predicted molar refractivity (Wildman–Crippen MR) is 100.0 cm³/mol. The Balaban J connectivity index is 2.88. The topological polar surface area (TPSA) is 162 Å². The number of nitrogens with one attached hydrogen (secondary N) is 2. The molecule has 0 radical (unpaired) electrons. The molecule has 1 aliphatic rings. The van der Waals surface area contributed by atoms with Crippen molar-refractivity contribution >= 4 is 35.5 Å². The summed E-state index contributed by atoms with van der Waals surface area (Å²) < 4.78 is 0. The molecule has 154 valence electrons. The molecule has 0 aromatic carbocycles. The molecule has 0 aliphatic carbocycles. The van der Waals surface area contributed by atoms with E-state index in [2.05, 4.69) is 10.6 Å². The van der Waals surface area contributed by atoms with Gasteiger partial charge in [0.2, 0.25) is 17.7 Å². The van der Waals surface area contributed by atoms with Crippen LogP contribution in [-0.2, 0) is 19.2 Å². The number of likely N-dealkylation sites (tertiary alicyclic amines) is 1. The number of carboxylic acids is 1. The molecule has 1 aliphatic heterocycles. The van der Waals surface area contributed by atoms with Crippen LogP contribution in [0.3, 0.4) is 0 Å². The van der Waals surface area contributed by atoms with Crippen molar-refractivity contribution in [2.24, 2.45) is 5.73 Å². The first-order valence-electron chi connectivity index (χ1n) is 8.73. The number of thioether (sulfide) groups is 1. The maximum absolute atomic E-state index is 12.9. The summed E-state index contributed by atoms with van der Waals surface area (Å²) in [5.74, 6) is -2.22. The summed E-state index contributed by atoms with van der Waals surface area (Å²) in [5, 5.41) is 23.5. The summed E-state index contributed by atoms with van der Waals surface area (Å²) in [6.07, 6.45) is 1.94. The van der Waals surface area contributed by atoms with E-state index in [-0.39, 0.29) is 6.54 Å². The molecule has 11 heteroatoms. The second-order valence-corrected chi connectivity index (χ2v) is 7.35. The van der Waals surface area contributed by atoms with E-state index in [1.54, 1.807) is 0 Å². The number of aliphatic hydroxyl groups excluding tert-OH is 1. The number of carboxylic acid groups (broad SMARTS) is 1. The minimum absolute atomic E-state index is 0.248. The van der Waals surface area contributed by atoms with E-state index in [4.69, 9.17) is 10.8 Å². The molecule has 3 amide bonds. The van der Waals surface area contributed by atoms with Crippen LogP contribution in [0.2, 0.25) is 0 Å². The quantitative estimate of drug-likeness (QED) is 0.283. The monoisotopic (exact) mass is 404 g/mol. The van der Waals surface area contributed by atoms with Crippen molar-refractivity contribution in [3.63, 3.8) is 0 Å². The fraction of sp³-hybridized carbons (Fsp3) is 0.750. The lowest BCUT2D eigenvalue weighted by molar-refractivity contribution is -0.147. The van der Waals surface area contributed by atoms with E-state index >= 15 is 0 Å². The predicted octanol–water partition coefficient (Wildman–Crippen LogP) is -1.88. The third-order valence-electron chi connectivity index (χ3n) is 4.31. The van der Waals surface area contributed by atoms with E-state index in [9.17, 15) is 24.3 Å². The number of aliphatic carboxylic acids is 1. The molecule has 10 nitrogen and oxygen atoms in total. The van der Waals surface area contributed by atoms with Crippen LogP contribution < -0.4 is 16.4 Å². The highest BCUT2D eigenvalue weighted by atomic mass is 32.2. The largest absolute Gasteiger partial charge is 0.480 e. The Morgan fingerprint density at radius 1 is 1.30 bits per heavy atom. The fourth-order valence-electron chi connectivity index (χ4n) is 2.89. The van der Waals surface area contributed by atoms with E-state index in [1.807, 2.05) is 6.26 Å². The lowest BCUT2D eigenvalue weighted by atomic mass is 10.1. The zero-order valence-electron chi connectivity index (χ0n) is 15.5. The van der Waals surface area contributed by atoms with Gasteiger partial charge in [-0.05, 0) is 38.2 Å². The molecule has 1 rings (SSSR count). The average molecular weight is 404 g/mol. The van der Waals surface area contributed by atoms with E-state index in [0.29, 0.717) is 31.6 Å². The van der Waals surface area contributed by atoms with E-state index < -0.39 is 47.9 Å². The molecule has 0 saturated carbocycles. The molecule has 0 spiro atoms. The van der Waals surface area contributed by atoms with Gasteiger partial charge in [0.25, 0.3) is 0 Å². The number of nitrogens with zero attached hydrogens (tertiary/aromatic N) is 1. The lowest BCUT2D eigenvalue weighted by Gasteiger charge is -2.29. The van der Waals surface area contributed by atoms with Crippen LogP contribution in [0.4, 0.5) is 0 Å². The SMILES string of the molecule is CSCCC(NC(=O)CN)C(=O)N1CCCC1C(=O)NC(C(=O)O)C(C)O. The van der Waals surface area contributed by atoms with Crippen molar-refractivity contribution in [2.75, 3.05) is 25.1 Å². The van der Waals surface area contributed by atoms with E-state index in [1.165, 1.54) is 23.6 Å². The summed E-state index contributed by atoms with van der Waals surface area (Å²) in [6.45, 7) is 1.34. The van der Waals surface area contributed by atoms with Gasteiger partial charge in [-0.2, -0.15) is 11.8 Å². The number of hydrogen-bond donors (Lipinski definition) is 5.